The van der Waals surface area contributed by atoms with Crippen LogP contribution >= 0.6 is 0 Å². The first-order chi connectivity index (χ1) is 13.1. The van der Waals surface area contributed by atoms with Crippen LogP contribution in [0.2, 0.25) is 0 Å². The first-order valence-electron chi connectivity index (χ1n) is 8.40. The number of rotatable bonds is 6. The average molecular weight is 363 g/mol. The van der Waals surface area contributed by atoms with E-state index in [4.69, 9.17) is 0 Å². The van der Waals surface area contributed by atoms with Crippen molar-refractivity contribution in [2.45, 2.75) is 13.0 Å². The number of anilines is 1. The van der Waals surface area contributed by atoms with Crippen LogP contribution in [0.5, 0.6) is 0 Å². The van der Waals surface area contributed by atoms with Gasteiger partial charge in [0, 0.05) is 6.04 Å². The minimum atomic E-state index is -0.326. The van der Waals surface area contributed by atoms with Crippen molar-refractivity contribution in [2.24, 2.45) is 0 Å². The predicted octanol–water partition coefficient (Wildman–Crippen LogP) is 3.17. The molecule has 1 aromatic heterocycles. The Hall–Kier alpha value is -3.50. The van der Waals surface area contributed by atoms with Crippen molar-refractivity contribution >= 4 is 11.7 Å². The highest BCUT2D eigenvalue weighted by Crippen LogP contribution is 2.19. The summed E-state index contributed by atoms with van der Waals surface area (Å²) in [5.41, 5.74) is 1.75. The molecule has 0 fully saturated rings. The highest BCUT2D eigenvalue weighted by molar-refractivity contribution is 5.93. The Kier molecular flexibility index (Phi) is 5.59. The molecule has 0 aliphatic rings. The second-order valence-electron chi connectivity index (χ2n) is 5.97. The number of para-hydroxylation sites is 1. The molecule has 136 valence electrons. The minimum Gasteiger partial charge on any atom is -0.308 e. The van der Waals surface area contributed by atoms with E-state index in [1.54, 1.807) is 12.1 Å². The van der Waals surface area contributed by atoms with Crippen LogP contribution in [0.15, 0.2) is 60.8 Å². The summed E-state index contributed by atoms with van der Waals surface area (Å²) in [5.74, 6) is -0.336. The third-order valence-corrected chi connectivity index (χ3v) is 4.07. The lowest BCUT2D eigenvalue weighted by atomic mass is 10.1. The van der Waals surface area contributed by atoms with Gasteiger partial charge >= 0.3 is 0 Å². The molecule has 2 aromatic carbocycles. The van der Waals surface area contributed by atoms with E-state index in [1.165, 1.54) is 23.0 Å². The normalized spacial score (nSPS) is 11.6. The van der Waals surface area contributed by atoms with Crippen LogP contribution in [0, 0.1) is 17.1 Å². The molecule has 0 saturated carbocycles. The lowest BCUT2D eigenvalue weighted by Crippen LogP contribution is -2.31. The van der Waals surface area contributed by atoms with E-state index in [2.05, 4.69) is 15.7 Å². The molecule has 0 bridgehead atoms. The monoisotopic (exact) mass is 363 g/mol. The molecule has 1 atom stereocenters. The van der Waals surface area contributed by atoms with Crippen molar-refractivity contribution in [1.82, 2.24) is 15.1 Å². The van der Waals surface area contributed by atoms with Crippen molar-refractivity contribution < 1.29 is 9.18 Å². The summed E-state index contributed by atoms with van der Waals surface area (Å²) in [6.07, 6.45) is 1.41. The molecular formula is C20H18FN5O. The molecule has 2 N–H and O–H groups in total. The lowest BCUT2D eigenvalue weighted by Gasteiger charge is -2.15. The van der Waals surface area contributed by atoms with Crippen LogP contribution < -0.4 is 10.6 Å². The second kappa shape index (κ2) is 8.25. The van der Waals surface area contributed by atoms with Crippen LogP contribution in [0.25, 0.3) is 5.69 Å². The van der Waals surface area contributed by atoms with Crippen molar-refractivity contribution in [3.8, 4) is 11.8 Å². The van der Waals surface area contributed by atoms with Gasteiger partial charge in [0.1, 0.15) is 17.4 Å². The van der Waals surface area contributed by atoms with Gasteiger partial charge in [-0.3, -0.25) is 4.79 Å². The van der Waals surface area contributed by atoms with Gasteiger partial charge in [0.2, 0.25) is 5.91 Å². The molecule has 3 aromatic rings. The van der Waals surface area contributed by atoms with Gasteiger partial charge in [-0.2, -0.15) is 10.4 Å². The SMILES string of the molecule is CC(NCC(=O)Nc1c(C#N)cnn1-c1ccccc1)c1cccc(F)c1. The highest BCUT2D eigenvalue weighted by Gasteiger charge is 2.16. The maximum atomic E-state index is 13.3. The molecule has 0 saturated heterocycles. The Bertz CT molecular complexity index is 978. The topological polar surface area (TPSA) is 82.7 Å². The third kappa shape index (κ3) is 4.37. The number of aromatic nitrogens is 2. The molecule has 1 heterocycles. The molecule has 7 heteroatoms. The summed E-state index contributed by atoms with van der Waals surface area (Å²) in [4.78, 5) is 12.4. The fourth-order valence-electron chi connectivity index (χ4n) is 2.63. The van der Waals surface area contributed by atoms with E-state index in [0.29, 0.717) is 5.82 Å². The number of benzene rings is 2. The Labute approximate surface area is 156 Å². The van der Waals surface area contributed by atoms with Crippen molar-refractivity contribution in [2.75, 3.05) is 11.9 Å². The van der Waals surface area contributed by atoms with Crippen molar-refractivity contribution in [3.63, 3.8) is 0 Å². The summed E-state index contributed by atoms with van der Waals surface area (Å²) >= 11 is 0. The first kappa shape index (κ1) is 18.3. The van der Waals surface area contributed by atoms with Crippen molar-refractivity contribution in [1.29, 1.82) is 5.26 Å². The second-order valence-corrected chi connectivity index (χ2v) is 5.97. The summed E-state index contributed by atoms with van der Waals surface area (Å²) in [5, 5.41) is 19.2. The van der Waals surface area contributed by atoms with Gasteiger partial charge in [0.25, 0.3) is 0 Å². The quantitative estimate of drug-likeness (QED) is 0.705. The van der Waals surface area contributed by atoms with Gasteiger partial charge in [-0.1, -0.05) is 30.3 Å². The Balaban J connectivity index is 1.69. The van der Waals surface area contributed by atoms with Gasteiger partial charge in [0.15, 0.2) is 5.82 Å². The van der Waals surface area contributed by atoms with Gasteiger partial charge < -0.3 is 10.6 Å². The van der Waals surface area contributed by atoms with Gasteiger partial charge in [-0.25, -0.2) is 9.07 Å². The van der Waals surface area contributed by atoms with Gasteiger partial charge in [-0.15, -0.1) is 0 Å². The smallest absolute Gasteiger partial charge is 0.239 e. The Morgan fingerprint density at radius 2 is 2.04 bits per heavy atom. The Morgan fingerprint density at radius 3 is 2.74 bits per heavy atom. The van der Waals surface area contributed by atoms with E-state index < -0.39 is 0 Å². The summed E-state index contributed by atoms with van der Waals surface area (Å²) in [6.45, 7) is 1.85. The van der Waals surface area contributed by atoms with Gasteiger partial charge in [-0.05, 0) is 36.8 Å². The third-order valence-electron chi connectivity index (χ3n) is 4.07. The fraction of sp³-hybridized carbons (Fsp3) is 0.150. The number of halogens is 1. The zero-order valence-electron chi connectivity index (χ0n) is 14.7. The summed E-state index contributed by atoms with van der Waals surface area (Å²) in [7, 11) is 0. The van der Waals surface area contributed by atoms with Crippen LogP contribution in [-0.2, 0) is 4.79 Å². The zero-order chi connectivity index (χ0) is 19.2. The average Bonchev–Trinajstić information content (AvgIpc) is 3.09. The molecule has 1 unspecified atom stereocenters. The fourth-order valence-corrected chi connectivity index (χ4v) is 2.63. The maximum absolute atomic E-state index is 13.3. The number of carbonyl (C=O) groups is 1. The molecule has 6 nitrogen and oxygen atoms in total. The standard InChI is InChI=1S/C20H18FN5O/c1-14(15-6-5-7-17(21)10-15)23-13-19(27)25-20-16(11-22)12-24-26(20)18-8-3-2-4-9-18/h2-10,12,14,23H,13H2,1H3,(H,25,27). The van der Waals surface area contributed by atoms with Gasteiger partial charge in [0.05, 0.1) is 18.4 Å². The van der Waals surface area contributed by atoms with E-state index >= 15 is 0 Å². The van der Waals surface area contributed by atoms with E-state index in [1.807, 2.05) is 43.3 Å². The largest absolute Gasteiger partial charge is 0.308 e. The van der Waals surface area contributed by atoms with E-state index in [0.717, 1.165) is 11.3 Å². The maximum Gasteiger partial charge on any atom is 0.239 e. The van der Waals surface area contributed by atoms with Crippen LogP contribution in [0.3, 0.4) is 0 Å². The molecule has 0 radical (unpaired) electrons. The van der Waals surface area contributed by atoms with Crippen LogP contribution in [0.4, 0.5) is 10.2 Å². The molecular weight excluding hydrogens is 345 g/mol. The number of hydrogen-bond acceptors (Lipinski definition) is 4. The molecule has 0 aliphatic heterocycles. The number of hydrogen-bond donors (Lipinski definition) is 2. The summed E-state index contributed by atoms with van der Waals surface area (Å²) in [6, 6.07) is 17.2. The zero-order valence-corrected chi connectivity index (χ0v) is 14.7. The molecule has 1 amide bonds. The first-order valence-corrected chi connectivity index (χ1v) is 8.40. The minimum absolute atomic E-state index is 0.00250. The molecule has 27 heavy (non-hydrogen) atoms. The number of nitrogens with one attached hydrogen (secondary N) is 2. The highest BCUT2D eigenvalue weighted by atomic mass is 19.1. The molecule has 0 spiro atoms. The van der Waals surface area contributed by atoms with Crippen molar-refractivity contribution in [3.05, 3.63) is 77.7 Å². The van der Waals surface area contributed by atoms with E-state index in [-0.39, 0.29) is 29.9 Å². The predicted molar refractivity (Wildman–Crippen MR) is 99.7 cm³/mol. The number of nitriles is 1. The Morgan fingerprint density at radius 1 is 1.26 bits per heavy atom. The molecule has 0 aliphatic carbocycles. The van der Waals surface area contributed by atoms with Crippen LogP contribution in [0.1, 0.15) is 24.1 Å². The number of amides is 1. The number of nitrogens with zero attached hydrogens (tertiary/aromatic N) is 3. The van der Waals surface area contributed by atoms with E-state index in [9.17, 15) is 14.4 Å². The lowest BCUT2D eigenvalue weighted by molar-refractivity contribution is -0.115. The summed E-state index contributed by atoms with van der Waals surface area (Å²) < 4.78 is 14.8. The number of carbonyl (C=O) groups excluding carboxylic acids is 1. The van der Waals surface area contributed by atoms with Crippen LogP contribution in [-0.4, -0.2) is 22.2 Å². The molecule has 3 rings (SSSR count).